The van der Waals surface area contributed by atoms with Crippen molar-refractivity contribution in [2.75, 3.05) is 19.7 Å². The molecule has 10 heteroatoms. The first-order valence-corrected chi connectivity index (χ1v) is 12.4. The van der Waals surface area contributed by atoms with Crippen LogP contribution in [-0.4, -0.2) is 54.4 Å². The number of esters is 1. The van der Waals surface area contributed by atoms with E-state index in [9.17, 15) is 18.0 Å². The van der Waals surface area contributed by atoms with Gasteiger partial charge in [0.15, 0.2) is 5.84 Å². The van der Waals surface area contributed by atoms with Crippen LogP contribution in [0.25, 0.3) is 11.0 Å². The summed E-state index contributed by atoms with van der Waals surface area (Å²) < 4.78 is 35.8. The van der Waals surface area contributed by atoms with Gasteiger partial charge in [-0.1, -0.05) is 24.3 Å². The van der Waals surface area contributed by atoms with Gasteiger partial charge in [-0.05, 0) is 43.5 Å². The molecule has 1 N–H and O–H groups in total. The van der Waals surface area contributed by atoms with Crippen LogP contribution in [0.2, 0.25) is 0 Å². The van der Waals surface area contributed by atoms with Gasteiger partial charge in [0.2, 0.25) is 0 Å². The Bertz CT molecular complexity index is 1410. The highest BCUT2D eigenvalue weighted by Crippen LogP contribution is 2.30. The number of rotatable bonds is 5. The van der Waals surface area contributed by atoms with Gasteiger partial charge in [-0.25, -0.2) is 4.79 Å². The van der Waals surface area contributed by atoms with Crippen LogP contribution in [0.1, 0.15) is 24.8 Å². The monoisotopic (exact) mass is 468 g/mol. The number of carbonyl (C=O) groups is 1. The van der Waals surface area contributed by atoms with Crippen molar-refractivity contribution in [1.82, 2.24) is 14.5 Å². The Morgan fingerprint density at radius 2 is 1.94 bits per heavy atom. The number of amidine groups is 1. The molecule has 1 aromatic heterocycles. The van der Waals surface area contributed by atoms with Crippen LogP contribution in [0.3, 0.4) is 0 Å². The van der Waals surface area contributed by atoms with E-state index in [-0.39, 0.29) is 29.1 Å². The number of H-pyrrole nitrogens is 1. The standard InChI is InChI=1S/C23H24N4O5S/c28-22(32-14-6-13-27-19-10-3-2-9-18(19)24-23(27)29)16-7-5-12-26(15-16)21-17-8-1-4-11-20(17)33(30,31)25-21/h1-4,8-11,16H,5-7,12-15H2,(H,24,29)/t16-/m0/s1. The van der Waals surface area contributed by atoms with Gasteiger partial charge in [0.1, 0.15) is 4.90 Å². The van der Waals surface area contributed by atoms with E-state index in [1.165, 1.54) is 0 Å². The maximum absolute atomic E-state index is 12.7. The summed E-state index contributed by atoms with van der Waals surface area (Å²) in [6, 6.07) is 14.2. The van der Waals surface area contributed by atoms with Crippen molar-refractivity contribution in [3.05, 3.63) is 64.6 Å². The average molecular weight is 469 g/mol. The highest BCUT2D eigenvalue weighted by atomic mass is 32.2. The number of likely N-dealkylation sites (tertiary alicyclic amines) is 1. The minimum atomic E-state index is -3.70. The lowest BCUT2D eigenvalue weighted by molar-refractivity contribution is -0.150. The van der Waals surface area contributed by atoms with Crippen molar-refractivity contribution in [2.45, 2.75) is 30.7 Å². The molecule has 2 aromatic carbocycles. The molecule has 9 nitrogen and oxygen atoms in total. The number of aryl methyl sites for hydroxylation is 1. The second kappa shape index (κ2) is 8.51. The summed E-state index contributed by atoms with van der Waals surface area (Å²) in [6.45, 7) is 1.65. The number of fused-ring (bicyclic) bond motifs is 2. The molecule has 0 radical (unpaired) electrons. The summed E-state index contributed by atoms with van der Waals surface area (Å²) >= 11 is 0. The van der Waals surface area contributed by atoms with E-state index in [0.717, 1.165) is 17.5 Å². The minimum Gasteiger partial charge on any atom is -0.465 e. The molecule has 3 aromatic rings. The number of piperidine rings is 1. The van der Waals surface area contributed by atoms with Gasteiger partial charge in [-0.15, -0.1) is 4.40 Å². The Morgan fingerprint density at radius 1 is 1.15 bits per heavy atom. The number of hydrogen-bond donors (Lipinski definition) is 1. The summed E-state index contributed by atoms with van der Waals surface area (Å²) in [6.07, 6.45) is 1.94. The van der Waals surface area contributed by atoms with Crippen LogP contribution in [0, 0.1) is 5.92 Å². The molecular formula is C23H24N4O5S. The van der Waals surface area contributed by atoms with E-state index < -0.39 is 10.0 Å². The summed E-state index contributed by atoms with van der Waals surface area (Å²) in [7, 11) is -3.70. The Morgan fingerprint density at radius 3 is 2.82 bits per heavy atom. The third-order valence-electron chi connectivity index (χ3n) is 6.12. The molecule has 3 heterocycles. The predicted molar refractivity (Wildman–Crippen MR) is 123 cm³/mol. The SMILES string of the molecule is O=C(OCCCn1c(=O)[nH]c2ccccc21)[C@H]1CCCN(C2=NS(=O)(=O)c3ccccc32)C1. The van der Waals surface area contributed by atoms with Crippen molar-refractivity contribution in [2.24, 2.45) is 10.3 Å². The number of imidazole rings is 1. The normalized spacial score (nSPS) is 19.3. The number of hydrogen-bond acceptors (Lipinski definition) is 6. The van der Waals surface area contributed by atoms with Gasteiger partial charge in [-0.3, -0.25) is 9.36 Å². The number of para-hydroxylation sites is 2. The number of ether oxygens (including phenoxy) is 1. The molecule has 0 aliphatic carbocycles. The molecule has 1 saturated heterocycles. The van der Waals surface area contributed by atoms with Gasteiger partial charge in [0, 0.05) is 25.2 Å². The van der Waals surface area contributed by atoms with Crippen LogP contribution >= 0.6 is 0 Å². The van der Waals surface area contributed by atoms with Crippen LogP contribution < -0.4 is 5.69 Å². The molecule has 0 spiro atoms. The number of sulfonamides is 1. The van der Waals surface area contributed by atoms with Crippen LogP contribution in [0.4, 0.5) is 0 Å². The first-order valence-electron chi connectivity index (χ1n) is 11.0. The molecule has 0 bridgehead atoms. The maximum atomic E-state index is 12.7. The third kappa shape index (κ3) is 4.06. The summed E-state index contributed by atoms with van der Waals surface area (Å²) in [5.74, 6) is -0.254. The molecule has 1 atom stereocenters. The van der Waals surface area contributed by atoms with Crippen molar-refractivity contribution < 1.29 is 17.9 Å². The second-order valence-corrected chi connectivity index (χ2v) is 9.86. The lowest BCUT2D eigenvalue weighted by atomic mass is 9.97. The molecule has 2 aliphatic rings. The Labute approximate surface area is 190 Å². The quantitative estimate of drug-likeness (QED) is 0.453. The van der Waals surface area contributed by atoms with Gasteiger partial charge in [0.05, 0.1) is 23.6 Å². The zero-order valence-electron chi connectivity index (χ0n) is 17.9. The highest BCUT2D eigenvalue weighted by Gasteiger charge is 2.35. The van der Waals surface area contributed by atoms with Crippen molar-refractivity contribution in [3.8, 4) is 0 Å². The van der Waals surface area contributed by atoms with E-state index in [0.29, 0.717) is 43.9 Å². The molecule has 2 aliphatic heterocycles. The molecular weight excluding hydrogens is 444 g/mol. The lowest BCUT2D eigenvalue weighted by Gasteiger charge is -2.32. The van der Waals surface area contributed by atoms with Crippen molar-refractivity contribution in [1.29, 1.82) is 0 Å². The number of aromatic nitrogens is 2. The number of nitrogens with one attached hydrogen (secondary N) is 1. The molecule has 33 heavy (non-hydrogen) atoms. The lowest BCUT2D eigenvalue weighted by Crippen LogP contribution is -2.42. The number of nitrogens with zero attached hydrogens (tertiary/aromatic N) is 3. The molecule has 172 valence electrons. The molecule has 0 amide bonds. The Balaban J connectivity index is 1.19. The number of carbonyl (C=O) groups excluding carboxylic acids is 1. The molecule has 1 fully saturated rings. The van der Waals surface area contributed by atoms with E-state index >= 15 is 0 Å². The fourth-order valence-electron chi connectivity index (χ4n) is 4.52. The molecule has 5 rings (SSSR count). The Kier molecular flexibility index (Phi) is 5.53. The fraction of sp³-hybridized carbons (Fsp3) is 0.348. The summed E-state index contributed by atoms with van der Waals surface area (Å²) in [4.78, 5) is 29.7. The molecule has 0 unspecified atom stereocenters. The smallest absolute Gasteiger partial charge is 0.326 e. The van der Waals surface area contributed by atoms with Gasteiger partial charge in [-0.2, -0.15) is 8.42 Å². The first kappa shape index (κ1) is 21.4. The number of aromatic amines is 1. The average Bonchev–Trinajstić information content (AvgIpc) is 3.29. The van der Waals surface area contributed by atoms with Gasteiger partial charge >= 0.3 is 11.7 Å². The van der Waals surface area contributed by atoms with E-state index in [4.69, 9.17) is 4.74 Å². The Hall–Kier alpha value is -3.40. The van der Waals surface area contributed by atoms with Crippen LogP contribution in [-0.2, 0) is 26.1 Å². The molecule has 0 saturated carbocycles. The van der Waals surface area contributed by atoms with Crippen LogP contribution in [0.5, 0.6) is 0 Å². The van der Waals surface area contributed by atoms with Gasteiger partial charge < -0.3 is 14.6 Å². The first-order chi connectivity index (χ1) is 15.9. The second-order valence-electron chi connectivity index (χ2n) is 8.29. The summed E-state index contributed by atoms with van der Waals surface area (Å²) in [5, 5.41) is 0. The zero-order chi connectivity index (χ0) is 23.0. The van der Waals surface area contributed by atoms with E-state index in [1.807, 2.05) is 29.2 Å². The predicted octanol–water partition coefficient (Wildman–Crippen LogP) is 2.12. The highest BCUT2D eigenvalue weighted by molar-refractivity contribution is 7.90. The summed E-state index contributed by atoms with van der Waals surface area (Å²) in [5.41, 5.74) is 2.00. The van der Waals surface area contributed by atoms with E-state index in [2.05, 4.69) is 9.38 Å². The minimum absolute atomic E-state index is 0.182. The van der Waals surface area contributed by atoms with Crippen molar-refractivity contribution in [3.63, 3.8) is 0 Å². The zero-order valence-corrected chi connectivity index (χ0v) is 18.8. The number of benzene rings is 2. The largest absolute Gasteiger partial charge is 0.465 e. The van der Waals surface area contributed by atoms with E-state index in [1.54, 1.807) is 28.8 Å². The van der Waals surface area contributed by atoms with Gasteiger partial charge in [0.25, 0.3) is 10.0 Å². The van der Waals surface area contributed by atoms with Crippen LogP contribution in [0.15, 0.2) is 62.6 Å². The fourth-order valence-corrected chi connectivity index (χ4v) is 5.75. The topological polar surface area (TPSA) is 114 Å². The maximum Gasteiger partial charge on any atom is 0.326 e. The van der Waals surface area contributed by atoms with Crippen molar-refractivity contribution >= 4 is 32.9 Å². The third-order valence-corrected chi connectivity index (χ3v) is 7.44.